The molecule has 118 valence electrons. The number of hydrogen-bond donors (Lipinski definition) is 1. The van der Waals surface area contributed by atoms with Gasteiger partial charge in [-0.05, 0) is 44.1 Å². The molecule has 0 aromatic heterocycles. The molecule has 0 aliphatic heterocycles. The lowest BCUT2D eigenvalue weighted by atomic mass is 9.68. The average molecular weight is 331 g/mol. The molecule has 1 aliphatic rings. The van der Waals surface area contributed by atoms with E-state index in [1.807, 2.05) is 19.1 Å². The minimum atomic E-state index is -0.750. The summed E-state index contributed by atoms with van der Waals surface area (Å²) in [6.07, 6.45) is 2.97. The summed E-state index contributed by atoms with van der Waals surface area (Å²) in [5.41, 5.74) is 0.411. The van der Waals surface area contributed by atoms with Crippen molar-refractivity contribution >= 4 is 23.2 Å². The first-order valence-corrected chi connectivity index (χ1v) is 8.33. The highest BCUT2D eigenvalue weighted by Crippen LogP contribution is 2.49. The Morgan fingerprint density at radius 2 is 1.81 bits per heavy atom. The van der Waals surface area contributed by atoms with Crippen LogP contribution in [0.4, 0.5) is 0 Å². The van der Waals surface area contributed by atoms with E-state index in [1.165, 1.54) is 0 Å². The van der Waals surface area contributed by atoms with Crippen molar-refractivity contribution in [3.8, 4) is 0 Å². The molecule has 1 atom stereocenters. The van der Waals surface area contributed by atoms with Gasteiger partial charge in [-0.2, -0.15) is 0 Å². The lowest BCUT2D eigenvalue weighted by Gasteiger charge is -2.46. The molecule has 0 amide bonds. The Hall–Kier alpha value is -0.280. The maximum atomic E-state index is 10.9. The Kier molecular flexibility index (Phi) is 5.25. The summed E-state index contributed by atoms with van der Waals surface area (Å²) in [4.78, 5) is 0. The quantitative estimate of drug-likeness (QED) is 0.800. The summed E-state index contributed by atoms with van der Waals surface area (Å²) in [5.74, 6) is 0. The Balaban J connectivity index is 2.32. The van der Waals surface area contributed by atoms with Crippen LogP contribution in [0.1, 0.15) is 58.1 Å². The molecular formula is C17H24Cl2O2. The van der Waals surface area contributed by atoms with Gasteiger partial charge in [-0.15, -0.1) is 0 Å². The Bertz CT molecular complexity index is 490. The molecule has 1 saturated carbocycles. The van der Waals surface area contributed by atoms with Crippen molar-refractivity contribution in [2.24, 2.45) is 5.41 Å². The summed E-state index contributed by atoms with van der Waals surface area (Å²) in [6, 6.07) is 5.38. The van der Waals surface area contributed by atoms with Crippen LogP contribution < -0.4 is 0 Å². The smallest absolute Gasteiger partial charge is 0.109 e. The molecule has 0 heterocycles. The second kappa shape index (κ2) is 6.45. The largest absolute Gasteiger partial charge is 0.385 e. The molecule has 0 spiro atoms. The van der Waals surface area contributed by atoms with E-state index in [0.717, 1.165) is 25.7 Å². The molecule has 0 saturated heterocycles. The third kappa shape index (κ3) is 3.56. The van der Waals surface area contributed by atoms with Crippen LogP contribution in [0.2, 0.25) is 10.0 Å². The Morgan fingerprint density at radius 3 is 2.38 bits per heavy atom. The molecular weight excluding hydrogens is 307 g/mol. The van der Waals surface area contributed by atoms with Gasteiger partial charge < -0.3 is 9.84 Å². The second-order valence-corrected chi connectivity index (χ2v) is 7.49. The van der Waals surface area contributed by atoms with Gasteiger partial charge in [-0.25, -0.2) is 0 Å². The fraction of sp³-hybridized carbons (Fsp3) is 0.647. The molecule has 4 heteroatoms. The lowest BCUT2D eigenvalue weighted by Crippen LogP contribution is -2.44. The minimum absolute atomic E-state index is 0.304. The fourth-order valence-corrected chi connectivity index (χ4v) is 3.56. The van der Waals surface area contributed by atoms with Gasteiger partial charge in [0.1, 0.15) is 6.10 Å². The third-order valence-corrected chi connectivity index (χ3v) is 5.49. The van der Waals surface area contributed by atoms with Crippen LogP contribution in [0.5, 0.6) is 0 Å². The zero-order valence-electron chi connectivity index (χ0n) is 13.0. The number of aliphatic hydroxyl groups is 1. The van der Waals surface area contributed by atoms with Gasteiger partial charge in [-0.1, -0.05) is 49.2 Å². The van der Waals surface area contributed by atoms with Gasteiger partial charge in [0.2, 0.25) is 0 Å². The van der Waals surface area contributed by atoms with Gasteiger partial charge in [0.25, 0.3) is 0 Å². The van der Waals surface area contributed by atoms with Crippen LogP contribution in [-0.2, 0) is 4.74 Å². The van der Waals surface area contributed by atoms with Crippen LogP contribution in [-0.4, -0.2) is 17.3 Å². The molecule has 0 radical (unpaired) electrons. The van der Waals surface area contributed by atoms with Crippen molar-refractivity contribution in [2.75, 3.05) is 6.61 Å². The second-order valence-electron chi connectivity index (χ2n) is 6.71. The van der Waals surface area contributed by atoms with Gasteiger partial charge in [0.05, 0.1) is 15.6 Å². The summed E-state index contributed by atoms with van der Waals surface area (Å²) in [7, 11) is 0. The van der Waals surface area contributed by atoms with Gasteiger partial charge >= 0.3 is 0 Å². The van der Waals surface area contributed by atoms with E-state index < -0.39 is 11.7 Å². The van der Waals surface area contributed by atoms with Gasteiger partial charge in [0.15, 0.2) is 0 Å². The Labute approximate surface area is 137 Å². The topological polar surface area (TPSA) is 29.5 Å². The molecule has 1 aromatic carbocycles. The Morgan fingerprint density at radius 1 is 1.19 bits per heavy atom. The van der Waals surface area contributed by atoms with E-state index in [1.54, 1.807) is 6.07 Å². The van der Waals surface area contributed by atoms with Crippen molar-refractivity contribution in [3.05, 3.63) is 33.8 Å². The van der Waals surface area contributed by atoms with Crippen LogP contribution in [0.25, 0.3) is 0 Å². The van der Waals surface area contributed by atoms with Crippen LogP contribution in [0, 0.1) is 5.41 Å². The molecule has 1 fully saturated rings. The van der Waals surface area contributed by atoms with Crippen molar-refractivity contribution in [1.29, 1.82) is 0 Å². The first-order chi connectivity index (χ1) is 9.81. The first-order valence-electron chi connectivity index (χ1n) is 7.57. The van der Waals surface area contributed by atoms with Crippen molar-refractivity contribution in [3.63, 3.8) is 0 Å². The number of halogens is 2. The average Bonchev–Trinajstić information content (AvgIpc) is 2.44. The molecule has 1 N–H and O–H groups in total. The van der Waals surface area contributed by atoms with Crippen LogP contribution in [0.15, 0.2) is 18.2 Å². The maximum Gasteiger partial charge on any atom is 0.109 e. The lowest BCUT2D eigenvalue weighted by molar-refractivity contribution is -0.153. The van der Waals surface area contributed by atoms with E-state index in [2.05, 4.69) is 13.8 Å². The minimum Gasteiger partial charge on any atom is -0.385 e. The standard InChI is InChI=1S/C17H24Cl2O2/c1-4-21-17(10-8-16(2,3)9-11-17)15(20)12-6-5-7-13(18)14(12)19/h5-7,15,20H,4,8-11H2,1-3H3. The highest BCUT2D eigenvalue weighted by atomic mass is 35.5. The fourth-order valence-electron chi connectivity index (χ4n) is 3.15. The van der Waals surface area contributed by atoms with Crippen LogP contribution in [0.3, 0.4) is 0 Å². The number of hydrogen-bond acceptors (Lipinski definition) is 2. The molecule has 2 nitrogen and oxygen atoms in total. The molecule has 1 unspecified atom stereocenters. The zero-order chi connectivity index (χ0) is 15.7. The highest BCUT2D eigenvalue weighted by molar-refractivity contribution is 6.42. The summed E-state index contributed by atoms with van der Waals surface area (Å²) < 4.78 is 6.02. The summed E-state index contributed by atoms with van der Waals surface area (Å²) in [5, 5.41) is 11.8. The molecule has 2 rings (SSSR count). The SMILES string of the molecule is CCOC1(C(O)c2cccc(Cl)c2Cl)CCC(C)(C)CC1. The predicted octanol–water partition coefficient (Wildman–Crippen LogP) is 5.40. The van der Waals surface area contributed by atoms with Crippen molar-refractivity contribution in [2.45, 2.75) is 58.2 Å². The summed E-state index contributed by atoms with van der Waals surface area (Å²) in [6.45, 7) is 7.08. The monoisotopic (exact) mass is 330 g/mol. The van der Waals surface area contributed by atoms with Crippen LogP contribution >= 0.6 is 23.2 Å². The number of rotatable bonds is 4. The maximum absolute atomic E-state index is 10.9. The van der Waals surface area contributed by atoms with Crippen molar-refractivity contribution < 1.29 is 9.84 Å². The van der Waals surface area contributed by atoms with Gasteiger partial charge in [0, 0.05) is 12.2 Å². The number of ether oxygens (including phenoxy) is 1. The number of aliphatic hydroxyl groups excluding tert-OH is 1. The molecule has 0 bridgehead atoms. The van der Waals surface area contributed by atoms with Gasteiger partial charge in [-0.3, -0.25) is 0 Å². The third-order valence-electron chi connectivity index (χ3n) is 4.66. The van der Waals surface area contributed by atoms with E-state index in [0.29, 0.717) is 27.6 Å². The van der Waals surface area contributed by atoms with E-state index in [-0.39, 0.29) is 0 Å². The highest BCUT2D eigenvalue weighted by Gasteiger charge is 2.45. The molecule has 1 aliphatic carbocycles. The predicted molar refractivity (Wildman–Crippen MR) is 88.0 cm³/mol. The van der Waals surface area contributed by atoms with E-state index in [9.17, 15) is 5.11 Å². The molecule has 21 heavy (non-hydrogen) atoms. The van der Waals surface area contributed by atoms with E-state index in [4.69, 9.17) is 27.9 Å². The normalized spacial score (nSPS) is 22.0. The summed E-state index contributed by atoms with van der Waals surface area (Å²) >= 11 is 12.4. The zero-order valence-corrected chi connectivity index (χ0v) is 14.5. The van der Waals surface area contributed by atoms with Crippen molar-refractivity contribution in [1.82, 2.24) is 0 Å². The first kappa shape index (κ1) is 17.1. The molecule has 1 aromatic rings. The number of benzene rings is 1. The van der Waals surface area contributed by atoms with E-state index >= 15 is 0 Å².